The van der Waals surface area contributed by atoms with E-state index in [4.69, 9.17) is 9.84 Å². The summed E-state index contributed by atoms with van der Waals surface area (Å²) >= 11 is 0. The number of carboxylic acid groups (broad SMARTS) is 1. The number of aliphatic carboxylic acids is 1. The summed E-state index contributed by atoms with van der Waals surface area (Å²) in [5.74, 6) is -0.00520. The average Bonchev–Trinajstić information content (AvgIpc) is 2.68. The molecular weight excluding hydrogens is 396 g/mol. The van der Waals surface area contributed by atoms with Gasteiger partial charge in [-0.1, -0.05) is 91.0 Å². The monoisotopic (exact) mass is 434 g/mol. The van der Waals surface area contributed by atoms with Crippen LogP contribution in [0, 0.1) is 0 Å². The van der Waals surface area contributed by atoms with Gasteiger partial charge in [-0.2, -0.15) is 0 Å². The SMILES string of the molecule is CCCOc1c(-c2ccccc2C=CC(C)=CC(=O)O)cc(C(C)(C)C)cc1C(C)(C)C. The lowest BCUT2D eigenvalue weighted by Gasteiger charge is -2.30. The molecule has 3 heteroatoms. The fraction of sp³-hybridized carbons (Fsp3) is 0.414. The zero-order valence-electron chi connectivity index (χ0n) is 20.9. The third-order valence-electron chi connectivity index (χ3n) is 5.34. The smallest absolute Gasteiger partial charge is 0.328 e. The van der Waals surface area contributed by atoms with Crippen molar-refractivity contribution in [3.63, 3.8) is 0 Å². The van der Waals surface area contributed by atoms with Gasteiger partial charge in [-0.15, -0.1) is 0 Å². The zero-order valence-corrected chi connectivity index (χ0v) is 20.9. The van der Waals surface area contributed by atoms with Crippen molar-refractivity contribution in [2.75, 3.05) is 6.61 Å². The number of carbonyl (C=O) groups is 1. The predicted octanol–water partition coefficient (Wildman–Crippen LogP) is 7.78. The van der Waals surface area contributed by atoms with Crippen LogP contribution in [0.3, 0.4) is 0 Å². The van der Waals surface area contributed by atoms with E-state index in [0.717, 1.165) is 28.9 Å². The van der Waals surface area contributed by atoms with Crippen molar-refractivity contribution in [1.82, 2.24) is 0 Å². The molecule has 0 amide bonds. The van der Waals surface area contributed by atoms with Crippen molar-refractivity contribution in [2.45, 2.75) is 72.6 Å². The molecule has 0 aliphatic heterocycles. The van der Waals surface area contributed by atoms with Gasteiger partial charge in [0, 0.05) is 17.2 Å². The van der Waals surface area contributed by atoms with Gasteiger partial charge >= 0.3 is 5.97 Å². The number of allylic oxidation sites excluding steroid dienone is 2. The first-order valence-corrected chi connectivity index (χ1v) is 11.3. The van der Waals surface area contributed by atoms with E-state index >= 15 is 0 Å². The minimum Gasteiger partial charge on any atom is -0.493 e. The molecule has 172 valence electrons. The van der Waals surface area contributed by atoms with Crippen molar-refractivity contribution >= 4 is 12.0 Å². The molecule has 2 rings (SSSR count). The van der Waals surface area contributed by atoms with Crippen molar-refractivity contribution in [1.29, 1.82) is 0 Å². The Morgan fingerprint density at radius 3 is 2.22 bits per heavy atom. The summed E-state index contributed by atoms with van der Waals surface area (Å²) in [5.41, 5.74) is 6.25. The molecule has 0 fully saturated rings. The Balaban J connectivity index is 2.81. The summed E-state index contributed by atoms with van der Waals surface area (Å²) in [7, 11) is 0. The van der Waals surface area contributed by atoms with Gasteiger partial charge in [-0.25, -0.2) is 4.79 Å². The van der Waals surface area contributed by atoms with Crippen LogP contribution in [-0.4, -0.2) is 17.7 Å². The normalized spacial score (nSPS) is 12.9. The molecule has 0 radical (unpaired) electrons. The van der Waals surface area contributed by atoms with E-state index in [1.807, 2.05) is 24.3 Å². The summed E-state index contributed by atoms with van der Waals surface area (Å²) in [6, 6.07) is 12.8. The standard InChI is InChI=1S/C29H38O3/c1-9-16-32-27-24(18-22(28(3,4)5)19-25(27)29(6,7)8)23-13-11-10-12-21(23)15-14-20(2)17-26(30)31/h10-15,17-19H,9,16H2,1-8H3,(H,30,31). The van der Waals surface area contributed by atoms with Crippen LogP contribution >= 0.6 is 0 Å². The van der Waals surface area contributed by atoms with Crippen molar-refractivity contribution in [3.8, 4) is 16.9 Å². The van der Waals surface area contributed by atoms with Crippen LogP contribution in [-0.2, 0) is 15.6 Å². The molecule has 2 aromatic rings. The summed E-state index contributed by atoms with van der Waals surface area (Å²) < 4.78 is 6.39. The molecule has 32 heavy (non-hydrogen) atoms. The maximum atomic E-state index is 11.0. The Hall–Kier alpha value is -2.81. The predicted molar refractivity (Wildman–Crippen MR) is 135 cm³/mol. The lowest BCUT2D eigenvalue weighted by molar-refractivity contribution is -0.131. The summed E-state index contributed by atoms with van der Waals surface area (Å²) in [6.45, 7) is 17.9. The molecule has 0 aromatic heterocycles. The number of benzene rings is 2. The summed E-state index contributed by atoms with van der Waals surface area (Å²) in [5, 5.41) is 9.02. The Morgan fingerprint density at radius 1 is 1.00 bits per heavy atom. The Morgan fingerprint density at radius 2 is 1.66 bits per heavy atom. The molecular formula is C29H38O3. The minimum absolute atomic E-state index is 0.0103. The highest BCUT2D eigenvalue weighted by Crippen LogP contribution is 2.44. The van der Waals surface area contributed by atoms with Crippen LogP contribution in [0.15, 0.2) is 54.1 Å². The first-order chi connectivity index (χ1) is 14.8. The van der Waals surface area contributed by atoms with Crippen molar-refractivity contribution in [2.24, 2.45) is 0 Å². The number of carboxylic acids is 1. The molecule has 2 aromatic carbocycles. The number of ether oxygens (including phenoxy) is 1. The minimum atomic E-state index is -0.941. The van der Waals surface area contributed by atoms with Crippen LogP contribution in [0.1, 0.15) is 78.5 Å². The van der Waals surface area contributed by atoms with E-state index in [-0.39, 0.29) is 10.8 Å². The zero-order chi connectivity index (χ0) is 24.1. The number of hydrogen-bond acceptors (Lipinski definition) is 2. The maximum Gasteiger partial charge on any atom is 0.328 e. The molecule has 0 spiro atoms. The number of rotatable bonds is 7. The van der Waals surface area contributed by atoms with E-state index < -0.39 is 5.97 Å². The largest absolute Gasteiger partial charge is 0.493 e. The highest BCUT2D eigenvalue weighted by atomic mass is 16.5. The average molecular weight is 435 g/mol. The van der Waals surface area contributed by atoms with E-state index in [0.29, 0.717) is 12.2 Å². The van der Waals surface area contributed by atoms with E-state index in [2.05, 4.69) is 72.7 Å². The van der Waals surface area contributed by atoms with Crippen molar-refractivity contribution in [3.05, 3.63) is 70.8 Å². The van der Waals surface area contributed by atoms with E-state index in [9.17, 15) is 4.79 Å². The molecule has 3 nitrogen and oxygen atoms in total. The Kier molecular flexibility index (Phi) is 8.12. The quantitative estimate of drug-likeness (QED) is 0.357. The van der Waals surface area contributed by atoms with Crippen LogP contribution < -0.4 is 4.74 Å². The molecule has 0 aliphatic carbocycles. The molecule has 0 unspecified atom stereocenters. The lowest BCUT2D eigenvalue weighted by atomic mass is 9.77. The van der Waals surface area contributed by atoms with Gasteiger partial charge in [0.2, 0.25) is 0 Å². The van der Waals surface area contributed by atoms with Crippen LogP contribution in [0.2, 0.25) is 0 Å². The van der Waals surface area contributed by atoms with Crippen LogP contribution in [0.25, 0.3) is 17.2 Å². The molecule has 0 saturated carbocycles. The fourth-order valence-corrected chi connectivity index (χ4v) is 3.53. The van der Waals surface area contributed by atoms with Gasteiger partial charge in [0.25, 0.3) is 0 Å². The third-order valence-corrected chi connectivity index (χ3v) is 5.34. The Labute approximate surface area is 193 Å². The third kappa shape index (κ3) is 6.59. The van der Waals surface area contributed by atoms with Gasteiger partial charge in [-0.3, -0.25) is 0 Å². The topological polar surface area (TPSA) is 46.5 Å². The first-order valence-electron chi connectivity index (χ1n) is 11.3. The number of hydrogen-bond donors (Lipinski definition) is 1. The second-order valence-electron chi connectivity index (χ2n) is 10.4. The second kappa shape index (κ2) is 10.2. The van der Waals surface area contributed by atoms with E-state index in [1.165, 1.54) is 17.2 Å². The molecule has 0 aliphatic rings. The molecule has 1 N–H and O–H groups in total. The second-order valence-corrected chi connectivity index (χ2v) is 10.4. The molecule has 0 heterocycles. The highest BCUT2D eigenvalue weighted by molar-refractivity contribution is 5.83. The molecule has 0 bridgehead atoms. The van der Waals surface area contributed by atoms with Gasteiger partial charge in [-0.05, 0) is 52.5 Å². The summed E-state index contributed by atoms with van der Waals surface area (Å²) in [6.07, 6.45) is 5.98. The van der Waals surface area contributed by atoms with Gasteiger partial charge < -0.3 is 9.84 Å². The van der Waals surface area contributed by atoms with Gasteiger partial charge in [0.1, 0.15) is 5.75 Å². The van der Waals surface area contributed by atoms with Crippen LogP contribution in [0.4, 0.5) is 0 Å². The van der Waals surface area contributed by atoms with Gasteiger partial charge in [0.15, 0.2) is 0 Å². The first kappa shape index (κ1) is 25.5. The highest BCUT2D eigenvalue weighted by Gasteiger charge is 2.27. The van der Waals surface area contributed by atoms with Crippen molar-refractivity contribution < 1.29 is 14.6 Å². The molecule has 0 saturated heterocycles. The summed E-state index contributed by atoms with van der Waals surface area (Å²) in [4.78, 5) is 11.0. The van der Waals surface area contributed by atoms with Gasteiger partial charge in [0.05, 0.1) is 6.61 Å². The lowest BCUT2D eigenvalue weighted by Crippen LogP contribution is -2.19. The molecule has 0 atom stereocenters. The van der Waals surface area contributed by atoms with E-state index in [1.54, 1.807) is 6.92 Å². The van der Waals surface area contributed by atoms with Crippen LogP contribution in [0.5, 0.6) is 5.75 Å². The fourth-order valence-electron chi connectivity index (χ4n) is 3.53. The Bertz CT molecular complexity index is 1010. The maximum absolute atomic E-state index is 11.0.